The Kier molecular flexibility index (Phi) is 4.41. The van der Waals surface area contributed by atoms with E-state index in [0.29, 0.717) is 25.7 Å². The number of carboxylic acids is 1. The second kappa shape index (κ2) is 6.48. The molecule has 3 N–H and O–H groups in total. The maximum atomic E-state index is 12.2. The zero-order valence-corrected chi connectivity index (χ0v) is 13.1. The molecule has 1 heterocycles. The van der Waals surface area contributed by atoms with Crippen molar-refractivity contribution in [3.05, 3.63) is 29.8 Å². The Labute approximate surface area is 135 Å². The van der Waals surface area contributed by atoms with E-state index >= 15 is 0 Å². The molecule has 0 aromatic heterocycles. The second-order valence-corrected chi connectivity index (χ2v) is 6.34. The average Bonchev–Trinajstić information content (AvgIpc) is 2.84. The van der Waals surface area contributed by atoms with Gasteiger partial charge in [0.2, 0.25) is 0 Å². The van der Waals surface area contributed by atoms with E-state index in [1.54, 1.807) is 0 Å². The van der Waals surface area contributed by atoms with Crippen molar-refractivity contribution in [2.75, 3.05) is 0 Å². The predicted molar refractivity (Wildman–Crippen MR) is 84.3 cm³/mol. The van der Waals surface area contributed by atoms with Crippen LogP contribution >= 0.6 is 0 Å². The third-order valence-corrected chi connectivity index (χ3v) is 4.73. The molecular weight excluding hydrogens is 296 g/mol. The number of ether oxygens (including phenoxy) is 1. The predicted octanol–water partition coefficient (Wildman–Crippen LogP) is 2.45. The summed E-state index contributed by atoms with van der Waals surface area (Å²) in [5, 5.41) is 14.9. The zero-order valence-electron chi connectivity index (χ0n) is 13.1. The van der Waals surface area contributed by atoms with Crippen molar-refractivity contribution in [3.8, 4) is 5.75 Å². The van der Waals surface area contributed by atoms with Crippen molar-refractivity contribution >= 4 is 12.0 Å². The highest BCUT2D eigenvalue weighted by Crippen LogP contribution is 2.36. The Morgan fingerprint density at radius 1 is 1.13 bits per heavy atom. The molecule has 2 aliphatic rings. The molecule has 2 atom stereocenters. The normalized spacial score (nSPS) is 29.3. The first kappa shape index (κ1) is 15.6. The van der Waals surface area contributed by atoms with Gasteiger partial charge >= 0.3 is 12.0 Å². The number of carbonyl (C=O) groups excluding carboxylic acids is 1. The van der Waals surface area contributed by atoms with E-state index in [4.69, 9.17) is 9.84 Å². The molecule has 0 spiro atoms. The Balaban J connectivity index is 1.53. The maximum absolute atomic E-state index is 12.2. The molecule has 1 saturated carbocycles. The van der Waals surface area contributed by atoms with Crippen LogP contribution in [-0.2, 0) is 4.79 Å². The van der Waals surface area contributed by atoms with Crippen LogP contribution in [0.25, 0.3) is 0 Å². The van der Waals surface area contributed by atoms with Crippen molar-refractivity contribution in [2.45, 2.75) is 50.8 Å². The lowest BCUT2D eigenvalue weighted by Crippen LogP contribution is -2.46. The molecule has 6 nitrogen and oxygen atoms in total. The molecule has 2 unspecified atom stereocenters. The fraction of sp³-hybridized carbons (Fsp3) is 0.529. The summed E-state index contributed by atoms with van der Waals surface area (Å²) in [4.78, 5) is 23.2. The number of urea groups is 1. The molecule has 0 bridgehead atoms. The SMILES string of the molecule is CC1Oc2ccccc2C1NC(=O)NC1CCC(C(=O)O)CC1. The van der Waals surface area contributed by atoms with E-state index in [1.807, 2.05) is 31.2 Å². The van der Waals surface area contributed by atoms with Gasteiger partial charge in [0, 0.05) is 11.6 Å². The minimum Gasteiger partial charge on any atom is -0.488 e. The number of rotatable bonds is 3. The molecule has 0 saturated heterocycles. The van der Waals surface area contributed by atoms with Crippen LogP contribution in [0.15, 0.2) is 24.3 Å². The van der Waals surface area contributed by atoms with Crippen LogP contribution in [0.1, 0.15) is 44.2 Å². The maximum Gasteiger partial charge on any atom is 0.315 e. The fourth-order valence-electron chi connectivity index (χ4n) is 3.41. The summed E-state index contributed by atoms with van der Waals surface area (Å²) in [6.07, 6.45) is 2.54. The molecule has 3 rings (SSSR count). The van der Waals surface area contributed by atoms with Crippen LogP contribution in [0.4, 0.5) is 4.79 Å². The topological polar surface area (TPSA) is 87.7 Å². The third-order valence-electron chi connectivity index (χ3n) is 4.73. The molecule has 1 aromatic carbocycles. The monoisotopic (exact) mass is 318 g/mol. The minimum atomic E-state index is -0.735. The Hall–Kier alpha value is -2.24. The number of carbonyl (C=O) groups is 2. The lowest BCUT2D eigenvalue weighted by molar-refractivity contribution is -0.142. The van der Waals surface area contributed by atoms with Gasteiger partial charge in [0.05, 0.1) is 12.0 Å². The van der Waals surface area contributed by atoms with Crippen molar-refractivity contribution in [1.29, 1.82) is 0 Å². The first-order valence-electron chi connectivity index (χ1n) is 8.10. The Morgan fingerprint density at radius 3 is 2.52 bits per heavy atom. The largest absolute Gasteiger partial charge is 0.488 e. The van der Waals surface area contributed by atoms with Crippen molar-refractivity contribution in [2.24, 2.45) is 5.92 Å². The van der Waals surface area contributed by atoms with Crippen LogP contribution in [0.2, 0.25) is 0 Å². The van der Waals surface area contributed by atoms with Gasteiger partial charge < -0.3 is 20.5 Å². The summed E-state index contributed by atoms with van der Waals surface area (Å²) >= 11 is 0. The highest BCUT2D eigenvalue weighted by Gasteiger charge is 2.33. The van der Waals surface area contributed by atoms with Crippen molar-refractivity contribution in [3.63, 3.8) is 0 Å². The van der Waals surface area contributed by atoms with Crippen LogP contribution in [0.3, 0.4) is 0 Å². The Morgan fingerprint density at radius 2 is 1.83 bits per heavy atom. The summed E-state index contributed by atoms with van der Waals surface area (Å²) in [5.41, 5.74) is 0.990. The van der Waals surface area contributed by atoms with E-state index in [-0.39, 0.29) is 30.1 Å². The molecule has 0 radical (unpaired) electrons. The average molecular weight is 318 g/mol. The van der Waals surface area contributed by atoms with Crippen LogP contribution in [0.5, 0.6) is 5.75 Å². The van der Waals surface area contributed by atoms with Gasteiger partial charge in [-0.25, -0.2) is 4.79 Å². The number of para-hydroxylation sites is 1. The standard InChI is InChI=1S/C17H22N2O4/c1-10-15(13-4-2-3-5-14(13)23-10)19-17(22)18-12-8-6-11(7-9-12)16(20)21/h2-5,10-12,15H,6-9H2,1H3,(H,20,21)(H2,18,19,22). The molecule has 124 valence electrons. The third kappa shape index (κ3) is 3.41. The molecule has 1 aliphatic heterocycles. The van der Waals surface area contributed by atoms with Crippen LogP contribution in [0, 0.1) is 5.92 Å². The first-order valence-corrected chi connectivity index (χ1v) is 8.10. The number of aliphatic carboxylic acids is 1. The van der Waals surface area contributed by atoms with Crippen molar-refractivity contribution < 1.29 is 19.4 Å². The van der Waals surface area contributed by atoms with Crippen LogP contribution in [-0.4, -0.2) is 29.3 Å². The molecule has 6 heteroatoms. The first-order chi connectivity index (χ1) is 11.0. The lowest BCUT2D eigenvalue weighted by atomic mass is 9.86. The van der Waals surface area contributed by atoms with E-state index in [2.05, 4.69) is 10.6 Å². The van der Waals surface area contributed by atoms with Gasteiger partial charge in [-0.3, -0.25) is 4.79 Å². The van der Waals surface area contributed by atoms with Gasteiger partial charge in [0.15, 0.2) is 0 Å². The summed E-state index contributed by atoms with van der Waals surface area (Å²) in [6, 6.07) is 7.36. The number of nitrogens with one attached hydrogen (secondary N) is 2. The number of carboxylic acid groups (broad SMARTS) is 1. The van der Waals surface area contributed by atoms with Gasteiger partial charge in [-0.05, 0) is 38.7 Å². The number of fused-ring (bicyclic) bond motifs is 1. The van der Waals surface area contributed by atoms with Gasteiger partial charge in [-0.2, -0.15) is 0 Å². The smallest absolute Gasteiger partial charge is 0.315 e. The van der Waals surface area contributed by atoms with Gasteiger partial charge in [-0.15, -0.1) is 0 Å². The molecular formula is C17H22N2O4. The summed E-state index contributed by atoms with van der Waals surface area (Å²) in [5.74, 6) is -0.194. The van der Waals surface area contributed by atoms with Gasteiger partial charge in [0.1, 0.15) is 11.9 Å². The summed E-state index contributed by atoms with van der Waals surface area (Å²) in [7, 11) is 0. The molecule has 1 aliphatic carbocycles. The van der Waals surface area contributed by atoms with Crippen LogP contribution < -0.4 is 15.4 Å². The minimum absolute atomic E-state index is 0.0403. The quantitative estimate of drug-likeness (QED) is 0.799. The molecule has 23 heavy (non-hydrogen) atoms. The van der Waals surface area contributed by atoms with E-state index in [9.17, 15) is 9.59 Å². The second-order valence-electron chi connectivity index (χ2n) is 6.34. The molecule has 1 fully saturated rings. The summed E-state index contributed by atoms with van der Waals surface area (Å²) < 4.78 is 5.74. The fourth-order valence-corrected chi connectivity index (χ4v) is 3.41. The lowest BCUT2D eigenvalue weighted by Gasteiger charge is -2.27. The zero-order chi connectivity index (χ0) is 16.4. The highest BCUT2D eigenvalue weighted by molar-refractivity contribution is 5.75. The van der Waals surface area contributed by atoms with Gasteiger partial charge in [0.25, 0.3) is 0 Å². The van der Waals surface area contributed by atoms with E-state index in [1.165, 1.54) is 0 Å². The van der Waals surface area contributed by atoms with E-state index < -0.39 is 5.97 Å². The number of hydrogen-bond donors (Lipinski definition) is 3. The number of benzene rings is 1. The Bertz CT molecular complexity index is 596. The van der Waals surface area contributed by atoms with Crippen molar-refractivity contribution in [1.82, 2.24) is 10.6 Å². The summed E-state index contributed by atoms with van der Waals surface area (Å²) in [6.45, 7) is 1.93. The van der Waals surface area contributed by atoms with Gasteiger partial charge in [-0.1, -0.05) is 18.2 Å². The number of hydrogen-bond acceptors (Lipinski definition) is 3. The highest BCUT2D eigenvalue weighted by atomic mass is 16.5. The molecule has 2 amide bonds. The molecule has 1 aromatic rings. The van der Waals surface area contributed by atoms with E-state index in [0.717, 1.165) is 11.3 Å². The number of amides is 2.